The standard InChI is InChI=1S/C23H26N4O4/c28-23(29)17-2-4-20-19(14-17)24-16-27(20)7-1-6-25-8-10-26(11-9-25)18-3-5-21-22(15-18)31-13-12-30-21/h2-5,14-16H,1,6-13H2,(H,28,29). The second kappa shape index (κ2) is 8.47. The summed E-state index contributed by atoms with van der Waals surface area (Å²) in [5, 5.41) is 9.13. The van der Waals surface area contributed by atoms with Gasteiger partial charge in [0.15, 0.2) is 11.5 Å². The number of imidazole rings is 1. The Morgan fingerprint density at radius 2 is 1.77 bits per heavy atom. The maximum Gasteiger partial charge on any atom is 0.335 e. The van der Waals surface area contributed by atoms with Crippen LogP contribution in [0.2, 0.25) is 0 Å². The SMILES string of the molecule is O=C(O)c1ccc2c(c1)ncn2CCCN1CCN(c2ccc3c(c2)OCCO3)CC1. The molecule has 5 rings (SSSR count). The van der Waals surface area contributed by atoms with Crippen molar-refractivity contribution < 1.29 is 19.4 Å². The molecular weight excluding hydrogens is 396 g/mol. The van der Waals surface area contributed by atoms with Crippen LogP contribution in [-0.4, -0.2) is 71.5 Å². The molecule has 0 spiro atoms. The molecule has 1 N–H and O–H groups in total. The Morgan fingerprint density at radius 1 is 0.968 bits per heavy atom. The molecule has 2 aliphatic heterocycles. The predicted molar refractivity (Wildman–Crippen MR) is 117 cm³/mol. The fourth-order valence-electron chi connectivity index (χ4n) is 4.30. The van der Waals surface area contributed by atoms with E-state index in [1.54, 1.807) is 18.5 Å². The van der Waals surface area contributed by atoms with Crippen molar-refractivity contribution in [3.05, 3.63) is 48.3 Å². The lowest BCUT2D eigenvalue weighted by Crippen LogP contribution is -2.46. The van der Waals surface area contributed by atoms with Crippen LogP contribution in [0.5, 0.6) is 11.5 Å². The fraction of sp³-hybridized carbons (Fsp3) is 0.391. The third-order valence-electron chi connectivity index (χ3n) is 6.00. The number of carboxylic acid groups (broad SMARTS) is 1. The summed E-state index contributed by atoms with van der Waals surface area (Å²) in [5.41, 5.74) is 3.17. The van der Waals surface area contributed by atoms with Crippen LogP contribution in [0.1, 0.15) is 16.8 Å². The first-order valence-corrected chi connectivity index (χ1v) is 10.7. The van der Waals surface area contributed by atoms with Crippen molar-refractivity contribution in [1.29, 1.82) is 0 Å². The van der Waals surface area contributed by atoms with E-state index in [0.717, 1.165) is 68.2 Å². The van der Waals surface area contributed by atoms with E-state index < -0.39 is 5.97 Å². The van der Waals surface area contributed by atoms with Gasteiger partial charge in [0.2, 0.25) is 0 Å². The second-order valence-corrected chi connectivity index (χ2v) is 7.96. The van der Waals surface area contributed by atoms with Crippen molar-refractivity contribution in [2.75, 3.05) is 50.8 Å². The van der Waals surface area contributed by atoms with E-state index in [2.05, 4.69) is 31.5 Å². The smallest absolute Gasteiger partial charge is 0.335 e. The van der Waals surface area contributed by atoms with Gasteiger partial charge in [0.25, 0.3) is 0 Å². The lowest BCUT2D eigenvalue weighted by Gasteiger charge is -2.36. The molecule has 0 unspecified atom stereocenters. The van der Waals surface area contributed by atoms with Gasteiger partial charge in [-0.05, 0) is 43.3 Å². The molecule has 0 aliphatic carbocycles. The number of fused-ring (bicyclic) bond motifs is 2. The maximum absolute atomic E-state index is 11.1. The van der Waals surface area contributed by atoms with Gasteiger partial charge in [-0.2, -0.15) is 0 Å². The van der Waals surface area contributed by atoms with Crippen LogP contribution < -0.4 is 14.4 Å². The van der Waals surface area contributed by atoms with E-state index >= 15 is 0 Å². The Labute approximate surface area is 180 Å². The van der Waals surface area contributed by atoms with E-state index in [9.17, 15) is 4.79 Å². The van der Waals surface area contributed by atoms with Crippen LogP contribution in [0.3, 0.4) is 0 Å². The van der Waals surface area contributed by atoms with Gasteiger partial charge < -0.3 is 24.0 Å². The zero-order chi connectivity index (χ0) is 21.2. The van der Waals surface area contributed by atoms with E-state index in [0.29, 0.717) is 13.2 Å². The summed E-state index contributed by atoms with van der Waals surface area (Å²) in [6.07, 6.45) is 2.83. The Kier molecular flexibility index (Phi) is 5.38. The lowest BCUT2D eigenvalue weighted by atomic mass is 10.2. The first-order valence-electron chi connectivity index (χ1n) is 10.7. The molecule has 1 saturated heterocycles. The zero-order valence-electron chi connectivity index (χ0n) is 17.4. The first kappa shape index (κ1) is 19.7. The number of piperazine rings is 1. The van der Waals surface area contributed by atoms with Gasteiger partial charge >= 0.3 is 5.97 Å². The summed E-state index contributed by atoms with van der Waals surface area (Å²) >= 11 is 0. The third-order valence-corrected chi connectivity index (χ3v) is 6.00. The van der Waals surface area contributed by atoms with Crippen molar-refractivity contribution in [2.24, 2.45) is 0 Å². The van der Waals surface area contributed by atoms with Crippen molar-refractivity contribution in [2.45, 2.75) is 13.0 Å². The van der Waals surface area contributed by atoms with Crippen LogP contribution in [0, 0.1) is 0 Å². The molecular formula is C23H26N4O4. The highest BCUT2D eigenvalue weighted by molar-refractivity contribution is 5.92. The molecule has 0 saturated carbocycles. The topological polar surface area (TPSA) is 80.1 Å². The number of aromatic carboxylic acids is 1. The molecule has 2 aromatic carbocycles. The molecule has 8 heteroatoms. The summed E-state index contributed by atoms with van der Waals surface area (Å²) in [6, 6.07) is 11.3. The minimum absolute atomic E-state index is 0.272. The van der Waals surface area contributed by atoms with Crippen molar-refractivity contribution >= 4 is 22.7 Å². The molecule has 0 radical (unpaired) electrons. The van der Waals surface area contributed by atoms with Crippen molar-refractivity contribution in [3.63, 3.8) is 0 Å². The molecule has 0 amide bonds. The average Bonchev–Trinajstić information content (AvgIpc) is 3.21. The van der Waals surface area contributed by atoms with Gasteiger partial charge in [-0.15, -0.1) is 0 Å². The Hall–Kier alpha value is -3.26. The number of carbonyl (C=O) groups is 1. The highest BCUT2D eigenvalue weighted by Crippen LogP contribution is 2.34. The summed E-state index contributed by atoms with van der Waals surface area (Å²) in [5.74, 6) is 0.751. The number of hydrogen-bond donors (Lipinski definition) is 1. The molecule has 0 atom stereocenters. The minimum Gasteiger partial charge on any atom is -0.486 e. The summed E-state index contributed by atoms with van der Waals surface area (Å²) in [4.78, 5) is 20.4. The molecule has 2 aliphatic rings. The number of anilines is 1. The van der Waals surface area contributed by atoms with Crippen LogP contribution in [0.25, 0.3) is 11.0 Å². The van der Waals surface area contributed by atoms with E-state index in [1.165, 1.54) is 5.69 Å². The monoisotopic (exact) mass is 422 g/mol. The number of rotatable bonds is 6. The molecule has 8 nitrogen and oxygen atoms in total. The molecule has 0 bridgehead atoms. The minimum atomic E-state index is -0.924. The zero-order valence-corrected chi connectivity index (χ0v) is 17.4. The molecule has 3 aromatic rings. The van der Waals surface area contributed by atoms with E-state index in [-0.39, 0.29) is 5.56 Å². The first-order chi connectivity index (χ1) is 15.2. The molecule has 3 heterocycles. The summed E-state index contributed by atoms with van der Waals surface area (Å²) in [6.45, 7) is 7.16. The second-order valence-electron chi connectivity index (χ2n) is 7.96. The Balaban J connectivity index is 1.12. The highest BCUT2D eigenvalue weighted by atomic mass is 16.6. The van der Waals surface area contributed by atoms with E-state index in [4.69, 9.17) is 14.6 Å². The average molecular weight is 422 g/mol. The number of ether oxygens (including phenoxy) is 2. The van der Waals surface area contributed by atoms with Gasteiger partial charge in [0.05, 0.1) is 22.9 Å². The molecule has 31 heavy (non-hydrogen) atoms. The third kappa shape index (κ3) is 4.16. The quantitative estimate of drug-likeness (QED) is 0.654. The van der Waals surface area contributed by atoms with Crippen molar-refractivity contribution in [1.82, 2.24) is 14.5 Å². The van der Waals surface area contributed by atoms with Gasteiger partial charge in [-0.25, -0.2) is 9.78 Å². The summed E-state index contributed by atoms with van der Waals surface area (Å²) in [7, 11) is 0. The van der Waals surface area contributed by atoms with E-state index in [1.807, 2.05) is 12.1 Å². The Morgan fingerprint density at radius 3 is 2.58 bits per heavy atom. The van der Waals surface area contributed by atoms with Gasteiger partial charge in [0, 0.05) is 44.5 Å². The predicted octanol–water partition coefficient (Wildman–Crippen LogP) is 2.72. The van der Waals surface area contributed by atoms with Gasteiger partial charge in [-0.3, -0.25) is 4.90 Å². The molecule has 1 fully saturated rings. The number of carboxylic acids is 1. The molecule has 162 valence electrons. The molecule has 1 aromatic heterocycles. The summed E-state index contributed by atoms with van der Waals surface area (Å²) < 4.78 is 13.4. The number of aryl methyl sites for hydroxylation is 1. The van der Waals surface area contributed by atoms with Crippen LogP contribution >= 0.6 is 0 Å². The van der Waals surface area contributed by atoms with Crippen molar-refractivity contribution in [3.8, 4) is 11.5 Å². The number of benzene rings is 2. The van der Waals surface area contributed by atoms with Crippen LogP contribution in [0.4, 0.5) is 5.69 Å². The number of nitrogens with zero attached hydrogens (tertiary/aromatic N) is 4. The van der Waals surface area contributed by atoms with Gasteiger partial charge in [0.1, 0.15) is 13.2 Å². The highest BCUT2D eigenvalue weighted by Gasteiger charge is 2.19. The van der Waals surface area contributed by atoms with Crippen LogP contribution in [0.15, 0.2) is 42.7 Å². The number of hydrogen-bond acceptors (Lipinski definition) is 6. The van der Waals surface area contributed by atoms with Gasteiger partial charge in [-0.1, -0.05) is 0 Å². The maximum atomic E-state index is 11.1. The largest absolute Gasteiger partial charge is 0.486 e. The van der Waals surface area contributed by atoms with Crippen LogP contribution in [-0.2, 0) is 6.54 Å². The number of aromatic nitrogens is 2. The fourth-order valence-corrected chi connectivity index (χ4v) is 4.30. The normalized spacial score (nSPS) is 16.6. The Bertz CT molecular complexity index is 1090. The lowest BCUT2D eigenvalue weighted by molar-refractivity contribution is 0.0697.